The number of carbonyl (C=O) groups excluding carboxylic acids is 1. The number of primary amides is 1. The highest BCUT2D eigenvalue weighted by Crippen LogP contribution is 2.41. The maximum absolute atomic E-state index is 10.4. The summed E-state index contributed by atoms with van der Waals surface area (Å²) < 4.78 is 0.523. The fourth-order valence-corrected chi connectivity index (χ4v) is 1.84. The van der Waals surface area contributed by atoms with Gasteiger partial charge in [0.15, 0.2) is 12.6 Å². The minimum Gasteiger partial charge on any atom is -0.330 e. The van der Waals surface area contributed by atoms with Gasteiger partial charge in [0.2, 0.25) is 0 Å². The Bertz CT molecular complexity index is 183. The van der Waals surface area contributed by atoms with Crippen LogP contribution in [0.25, 0.3) is 0 Å². The van der Waals surface area contributed by atoms with Gasteiger partial charge in [0, 0.05) is 12.8 Å². The molecule has 2 saturated heterocycles. The molecule has 56 valence electrons. The number of quaternary nitrogens is 1. The Morgan fingerprint density at radius 1 is 1.70 bits per heavy atom. The van der Waals surface area contributed by atoms with Crippen molar-refractivity contribution in [1.29, 1.82) is 0 Å². The second-order valence-corrected chi connectivity index (χ2v) is 3.06. The second-order valence-electron chi connectivity index (χ2n) is 3.06. The molecule has 0 bridgehead atoms. The number of piperidine rings is 1. The minimum atomic E-state index is -0.635. The molecule has 10 heavy (non-hydrogen) atoms. The Labute approximate surface area is 59.1 Å². The number of nitrogens with zero attached hydrogens (tertiary/aromatic N) is 1. The van der Waals surface area contributed by atoms with Crippen molar-refractivity contribution in [3.05, 3.63) is 0 Å². The van der Waals surface area contributed by atoms with Crippen molar-refractivity contribution in [3.8, 4) is 0 Å². The molecule has 0 aromatic carbocycles. The number of hydroxylamine groups is 3. The van der Waals surface area contributed by atoms with E-state index in [0.29, 0.717) is 10.7 Å². The van der Waals surface area contributed by atoms with Gasteiger partial charge < -0.3 is 5.73 Å². The molecule has 2 unspecified atom stereocenters. The third-order valence-electron chi connectivity index (χ3n) is 2.40. The van der Waals surface area contributed by atoms with Crippen LogP contribution in [0.3, 0.4) is 0 Å². The summed E-state index contributed by atoms with van der Waals surface area (Å²) in [4.78, 5) is 15.3. The average molecular weight is 143 g/mol. The SMILES string of the molecule is NC(=O)O[N+]12CCCC1C2. The van der Waals surface area contributed by atoms with E-state index < -0.39 is 6.09 Å². The van der Waals surface area contributed by atoms with Crippen LogP contribution in [-0.2, 0) is 4.84 Å². The number of carbonyl (C=O) groups is 1. The van der Waals surface area contributed by atoms with Crippen LogP contribution in [0.2, 0.25) is 0 Å². The smallest absolute Gasteiger partial charge is 0.330 e. The molecule has 2 N–H and O–H groups in total. The summed E-state index contributed by atoms with van der Waals surface area (Å²) in [6.45, 7) is 1.95. The lowest BCUT2D eigenvalue weighted by Crippen LogP contribution is -2.32. The van der Waals surface area contributed by atoms with E-state index in [9.17, 15) is 4.79 Å². The molecule has 0 aromatic rings. The fourth-order valence-electron chi connectivity index (χ4n) is 1.84. The van der Waals surface area contributed by atoms with Gasteiger partial charge in [-0.05, 0) is 0 Å². The van der Waals surface area contributed by atoms with E-state index in [1.165, 1.54) is 6.42 Å². The normalized spacial score (nSPS) is 42.6. The lowest BCUT2D eigenvalue weighted by Gasteiger charge is -2.09. The molecular weight excluding hydrogens is 132 g/mol. The van der Waals surface area contributed by atoms with E-state index in [-0.39, 0.29) is 0 Å². The van der Waals surface area contributed by atoms with Crippen LogP contribution in [0.5, 0.6) is 0 Å². The van der Waals surface area contributed by atoms with Gasteiger partial charge in [0.05, 0.1) is 0 Å². The Morgan fingerprint density at radius 3 is 2.90 bits per heavy atom. The van der Waals surface area contributed by atoms with Crippen LogP contribution < -0.4 is 5.73 Å². The highest BCUT2D eigenvalue weighted by Gasteiger charge is 2.63. The van der Waals surface area contributed by atoms with E-state index in [1.54, 1.807) is 0 Å². The molecule has 0 saturated carbocycles. The monoisotopic (exact) mass is 143 g/mol. The Kier molecular flexibility index (Phi) is 0.976. The summed E-state index contributed by atoms with van der Waals surface area (Å²) in [5, 5.41) is 0. The third-order valence-corrected chi connectivity index (χ3v) is 2.40. The average Bonchev–Trinajstić information content (AvgIpc) is 2.33. The van der Waals surface area contributed by atoms with Crippen LogP contribution in [0, 0.1) is 0 Å². The molecule has 2 rings (SSSR count). The van der Waals surface area contributed by atoms with Gasteiger partial charge in [-0.1, -0.05) is 0 Å². The first kappa shape index (κ1) is 5.97. The lowest BCUT2D eigenvalue weighted by molar-refractivity contribution is -0.987. The van der Waals surface area contributed by atoms with Gasteiger partial charge in [-0.2, -0.15) is 0 Å². The van der Waals surface area contributed by atoms with Gasteiger partial charge in [-0.15, -0.1) is 4.65 Å². The van der Waals surface area contributed by atoms with Crippen molar-refractivity contribution in [1.82, 2.24) is 0 Å². The summed E-state index contributed by atoms with van der Waals surface area (Å²) in [6.07, 6.45) is 1.72. The molecule has 2 heterocycles. The summed E-state index contributed by atoms with van der Waals surface area (Å²) in [6, 6.07) is 0.576. The van der Waals surface area contributed by atoms with Crippen molar-refractivity contribution >= 4 is 6.09 Å². The highest BCUT2D eigenvalue weighted by molar-refractivity contribution is 5.63. The molecule has 4 heteroatoms. The number of hydrogen-bond acceptors (Lipinski definition) is 2. The Hall–Kier alpha value is -0.770. The van der Waals surface area contributed by atoms with Crippen LogP contribution in [0.4, 0.5) is 4.79 Å². The molecule has 2 aliphatic heterocycles. The van der Waals surface area contributed by atoms with Gasteiger partial charge in [-0.3, -0.25) is 4.84 Å². The second kappa shape index (κ2) is 1.63. The first-order chi connectivity index (χ1) is 4.73. The van der Waals surface area contributed by atoms with Gasteiger partial charge in [-0.25, -0.2) is 4.79 Å². The molecule has 0 spiro atoms. The van der Waals surface area contributed by atoms with Crippen LogP contribution in [-0.4, -0.2) is 29.9 Å². The summed E-state index contributed by atoms with van der Waals surface area (Å²) >= 11 is 0. The standard InChI is InChI=1S/C6H10N2O2/c7-6(9)10-8-3-1-2-5(8)4-8/h5H,1-4H2,(H-,7,9)/p+1. The van der Waals surface area contributed by atoms with Gasteiger partial charge in [0.1, 0.15) is 6.54 Å². The molecule has 0 radical (unpaired) electrons. The summed E-state index contributed by atoms with van der Waals surface area (Å²) in [7, 11) is 0. The van der Waals surface area contributed by atoms with E-state index in [1.807, 2.05) is 0 Å². The van der Waals surface area contributed by atoms with Crippen molar-refractivity contribution < 1.29 is 14.3 Å². The molecule has 2 fully saturated rings. The van der Waals surface area contributed by atoms with E-state index in [2.05, 4.69) is 0 Å². The number of rotatable bonds is 1. The van der Waals surface area contributed by atoms with Crippen LogP contribution >= 0.6 is 0 Å². The fraction of sp³-hybridized carbons (Fsp3) is 0.833. The summed E-state index contributed by atoms with van der Waals surface area (Å²) in [5.41, 5.74) is 4.91. The van der Waals surface area contributed by atoms with Crippen LogP contribution in [0.15, 0.2) is 0 Å². The number of nitrogens with two attached hydrogens (primary N) is 1. The number of amides is 1. The zero-order valence-electron chi connectivity index (χ0n) is 5.75. The zero-order chi connectivity index (χ0) is 7.19. The van der Waals surface area contributed by atoms with E-state index in [4.69, 9.17) is 10.6 Å². The molecule has 2 atom stereocenters. The van der Waals surface area contributed by atoms with Crippen LogP contribution in [0.1, 0.15) is 12.8 Å². The molecule has 4 nitrogen and oxygen atoms in total. The Balaban J connectivity index is 1.99. The van der Waals surface area contributed by atoms with Gasteiger partial charge in [0.25, 0.3) is 0 Å². The first-order valence-electron chi connectivity index (χ1n) is 3.59. The molecule has 0 aliphatic carbocycles. The number of hydrogen-bond donors (Lipinski definition) is 1. The maximum Gasteiger partial charge on any atom is 0.459 e. The quantitative estimate of drug-likeness (QED) is 0.414. The topological polar surface area (TPSA) is 52.3 Å². The molecular formula is C6H11N2O2+. The summed E-state index contributed by atoms with van der Waals surface area (Å²) in [5.74, 6) is 0. The van der Waals surface area contributed by atoms with Crippen molar-refractivity contribution in [2.45, 2.75) is 18.9 Å². The lowest BCUT2D eigenvalue weighted by atomic mass is 10.3. The third kappa shape index (κ3) is 0.686. The minimum absolute atomic E-state index is 0.523. The predicted molar refractivity (Wildman–Crippen MR) is 33.7 cm³/mol. The number of fused-ring (bicyclic) bond motifs is 1. The van der Waals surface area contributed by atoms with Crippen molar-refractivity contribution in [3.63, 3.8) is 0 Å². The largest absolute Gasteiger partial charge is 0.459 e. The van der Waals surface area contributed by atoms with E-state index in [0.717, 1.165) is 19.5 Å². The maximum atomic E-state index is 10.4. The van der Waals surface area contributed by atoms with Crippen molar-refractivity contribution in [2.24, 2.45) is 5.73 Å². The molecule has 1 amide bonds. The van der Waals surface area contributed by atoms with Gasteiger partial charge >= 0.3 is 6.09 Å². The highest BCUT2D eigenvalue weighted by atomic mass is 16.8. The Morgan fingerprint density at radius 2 is 2.50 bits per heavy atom. The van der Waals surface area contributed by atoms with Crippen molar-refractivity contribution in [2.75, 3.05) is 13.1 Å². The molecule has 2 aliphatic rings. The first-order valence-corrected chi connectivity index (χ1v) is 3.59. The molecule has 0 aromatic heterocycles. The van der Waals surface area contributed by atoms with E-state index >= 15 is 0 Å². The zero-order valence-corrected chi connectivity index (χ0v) is 5.75. The predicted octanol–water partition coefficient (Wildman–Crippen LogP) is -0.0105.